The minimum absolute atomic E-state index is 0.0305. The van der Waals surface area contributed by atoms with Gasteiger partial charge in [0.1, 0.15) is 11.9 Å². The highest BCUT2D eigenvalue weighted by atomic mass is 16.5. The van der Waals surface area contributed by atoms with E-state index in [1.54, 1.807) is 0 Å². The number of rotatable bonds is 2. The molecule has 0 saturated heterocycles. The average Bonchev–Trinajstić information content (AvgIpc) is 2.35. The van der Waals surface area contributed by atoms with Crippen molar-refractivity contribution in [1.82, 2.24) is 0 Å². The van der Waals surface area contributed by atoms with E-state index in [1.807, 2.05) is 0 Å². The summed E-state index contributed by atoms with van der Waals surface area (Å²) in [6, 6.07) is 4.35. The Bertz CT molecular complexity index is 654. The van der Waals surface area contributed by atoms with Gasteiger partial charge in [0.05, 0.1) is 5.56 Å². The molecule has 0 heterocycles. The number of allylic oxidation sites excluding steroid dienone is 1. The van der Waals surface area contributed by atoms with E-state index in [-0.39, 0.29) is 33.8 Å². The maximum absolute atomic E-state index is 12.5. The van der Waals surface area contributed by atoms with Gasteiger partial charge in [-0.3, -0.25) is 14.4 Å². The lowest BCUT2D eigenvalue weighted by molar-refractivity contribution is -0.143. The first-order valence-corrected chi connectivity index (χ1v) is 6.14. The second-order valence-corrected chi connectivity index (χ2v) is 4.65. The summed E-state index contributed by atoms with van der Waals surface area (Å²) in [6.45, 7) is 4.27. The van der Waals surface area contributed by atoms with E-state index in [2.05, 4.69) is 0 Å². The van der Waals surface area contributed by atoms with Gasteiger partial charge in [0.2, 0.25) is 0 Å². The van der Waals surface area contributed by atoms with E-state index in [1.165, 1.54) is 39.0 Å². The molecule has 0 aromatic heterocycles. The van der Waals surface area contributed by atoms with Crippen LogP contribution in [0.1, 0.15) is 41.5 Å². The van der Waals surface area contributed by atoms with Crippen LogP contribution in [-0.4, -0.2) is 28.7 Å². The predicted molar refractivity (Wildman–Crippen MR) is 70.7 cm³/mol. The second-order valence-electron chi connectivity index (χ2n) is 4.65. The van der Waals surface area contributed by atoms with Crippen LogP contribution in [0.3, 0.4) is 0 Å². The molecule has 5 heteroatoms. The molecule has 1 N–H and O–H groups in total. The summed E-state index contributed by atoms with van der Waals surface area (Å²) in [7, 11) is 0. The van der Waals surface area contributed by atoms with Crippen molar-refractivity contribution in [2.24, 2.45) is 0 Å². The number of carbonyl (C=O) groups is 3. The molecule has 0 bridgehead atoms. The third-order valence-corrected chi connectivity index (χ3v) is 3.25. The van der Waals surface area contributed by atoms with Crippen molar-refractivity contribution >= 4 is 17.5 Å². The van der Waals surface area contributed by atoms with Crippen LogP contribution in [0.4, 0.5) is 0 Å². The Kier molecular flexibility index (Phi) is 3.44. The standard InChI is InChI=1S/C15H14O5/c1-7-12(8(2)20-9(3)16)15(19)13-10(14(7)18)5-4-6-11(13)17/h4-6,8,17H,1-3H3. The molecule has 1 unspecified atom stereocenters. The minimum atomic E-state index is -0.836. The molecule has 0 radical (unpaired) electrons. The first-order valence-electron chi connectivity index (χ1n) is 6.14. The molecule has 5 nitrogen and oxygen atoms in total. The molecule has 104 valence electrons. The fraction of sp³-hybridized carbons (Fsp3) is 0.267. The van der Waals surface area contributed by atoms with Crippen molar-refractivity contribution in [2.45, 2.75) is 26.9 Å². The van der Waals surface area contributed by atoms with Gasteiger partial charge in [0.25, 0.3) is 0 Å². The normalized spacial score (nSPS) is 15.9. The zero-order valence-electron chi connectivity index (χ0n) is 11.4. The zero-order chi connectivity index (χ0) is 15.0. The summed E-state index contributed by atoms with van der Waals surface area (Å²) in [6.07, 6.45) is -0.836. The highest BCUT2D eigenvalue weighted by Gasteiger charge is 2.35. The molecule has 20 heavy (non-hydrogen) atoms. The van der Waals surface area contributed by atoms with Crippen molar-refractivity contribution in [3.05, 3.63) is 40.5 Å². The maximum atomic E-state index is 12.5. The quantitative estimate of drug-likeness (QED) is 0.835. The van der Waals surface area contributed by atoms with Gasteiger partial charge in [-0.05, 0) is 19.9 Å². The molecule has 1 atom stereocenters. The number of hydrogen-bond acceptors (Lipinski definition) is 5. The Morgan fingerprint density at radius 3 is 2.50 bits per heavy atom. The number of phenols is 1. The van der Waals surface area contributed by atoms with Gasteiger partial charge in [0, 0.05) is 23.6 Å². The van der Waals surface area contributed by atoms with Crippen molar-refractivity contribution in [3.63, 3.8) is 0 Å². The first-order chi connectivity index (χ1) is 9.34. The number of ketones is 2. The molecule has 1 aliphatic carbocycles. The lowest BCUT2D eigenvalue weighted by Gasteiger charge is -2.23. The highest BCUT2D eigenvalue weighted by Crippen LogP contribution is 2.33. The Balaban J connectivity index is 2.58. The number of esters is 1. The highest BCUT2D eigenvalue weighted by molar-refractivity contribution is 6.28. The fourth-order valence-electron chi connectivity index (χ4n) is 2.39. The van der Waals surface area contributed by atoms with Gasteiger partial charge < -0.3 is 9.84 Å². The predicted octanol–water partition coefficient (Wildman–Crippen LogP) is 2.04. The number of carbonyl (C=O) groups excluding carboxylic acids is 3. The Morgan fingerprint density at radius 2 is 1.90 bits per heavy atom. The molecule has 0 aliphatic heterocycles. The Hall–Kier alpha value is -2.43. The molecule has 2 rings (SSSR count). The van der Waals surface area contributed by atoms with Crippen LogP contribution in [0.5, 0.6) is 5.75 Å². The molecule has 1 aromatic carbocycles. The van der Waals surface area contributed by atoms with Crippen LogP contribution in [0.25, 0.3) is 0 Å². The van der Waals surface area contributed by atoms with Gasteiger partial charge in [0.15, 0.2) is 11.6 Å². The van der Waals surface area contributed by atoms with Crippen LogP contribution in [-0.2, 0) is 9.53 Å². The van der Waals surface area contributed by atoms with E-state index in [9.17, 15) is 19.5 Å². The lowest BCUT2D eigenvalue weighted by Crippen LogP contribution is -2.29. The monoisotopic (exact) mass is 274 g/mol. The molecule has 0 fully saturated rings. The summed E-state index contributed by atoms with van der Waals surface area (Å²) in [5.74, 6) is -1.62. The number of Topliss-reactive ketones (excluding diaryl/α,β-unsaturated/α-hetero) is 2. The number of ether oxygens (including phenoxy) is 1. The van der Waals surface area contributed by atoms with Crippen LogP contribution in [0.15, 0.2) is 29.3 Å². The Morgan fingerprint density at radius 1 is 1.25 bits per heavy atom. The van der Waals surface area contributed by atoms with Gasteiger partial charge >= 0.3 is 5.97 Å². The van der Waals surface area contributed by atoms with E-state index >= 15 is 0 Å². The number of hydrogen-bond donors (Lipinski definition) is 1. The number of phenolic OH excluding ortho intramolecular Hbond substituents is 1. The fourth-order valence-corrected chi connectivity index (χ4v) is 2.39. The third-order valence-electron chi connectivity index (χ3n) is 3.25. The molecule has 1 aromatic rings. The maximum Gasteiger partial charge on any atom is 0.303 e. The Labute approximate surface area is 115 Å². The summed E-state index contributed by atoms with van der Waals surface area (Å²) < 4.78 is 4.98. The van der Waals surface area contributed by atoms with Crippen molar-refractivity contribution < 1.29 is 24.2 Å². The lowest BCUT2D eigenvalue weighted by atomic mass is 9.82. The molecular formula is C15H14O5. The first kappa shape index (κ1) is 14.0. The minimum Gasteiger partial charge on any atom is -0.507 e. The van der Waals surface area contributed by atoms with E-state index in [0.29, 0.717) is 0 Å². The number of aromatic hydroxyl groups is 1. The summed E-state index contributed by atoms with van der Waals surface area (Å²) in [5.41, 5.74) is 0.490. The van der Waals surface area contributed by atoms with Crippen molar-refractivity contribution in [2.75, 3.05) is 0 Å². The van der Waals surface area contributed by atoms with Gasteiger partial charge in [-0.25, -0.2) is 0 Å². The van der Waals surface area contributed by atoms with Gasteiger partial charge in [-0.1, -0.05) is 12.1 Å². The third kappa shape index (κ3) is 2.11. The average molecular weight is 274 g/mol. The van der Waals surface area contributed by atoms with Crippen LogP contribution >= 0.6 is 0 Å². The van der Waals surface area contributed by atoms with E-state index < -0.39 is 17.9 Å². The van der Waals surface area contributed by atoms with Crippen LogP contribution in [0.2, 0.25) is 0 Å². The van der Waals surface area contributed by atoms with E-state index in [0.717, 1.165) is 0 Å². The van der Waals surface area contributed by atoms with Crippen molar-refractivity contribution in [3.8, 4) is 5.75 Å². The van der Waals surface area contributed by atoms with Crippen LogP contribution in [0, 0.1) is 0 Å². The molecule has 0 amide bonds. The molecule has 1 aliphatic rings. The zero-order valence-corrected chi connectivity index (χ0v) is 11.4. The molecule has 0 saturated carbocycles. The molecular weight excluding hydrogens is 260 g/mol. The number of fused-ring (bicyclic) bond motifs is 1. The second kappa shape index (κ2) is 4.92. The summed E-state index contributed by atoms with van der Waals surface area (Å²) in [4.78, 5) is 35.7. The van der Waals surface area contributed by atoms with Crippen molar-refractivity contribution in [1.29, 1.82) is 0 Å². The van der Waals surface area contributed by atoms with E-state index in [4.69, 9.17) is 4.74 Å². The van der Waals surface area contributed by atoms with Gasteiger partial charge in [-0.15, -0.1) is 0 Å². The van der Waals surface area contributed by atoms with Crippen LogP contribution < -0.4 is 0 Å². The smallest absolute Gasteiger partial charge is 0.303 e. The largest absolute Gasteiger partial charge is 0.507 e. The van der Waals surface area contributed by atoms with Gasteiger partial charge in [-0.2, -0.15) is 0 Å². The topological polar surface area (TPSA) is 80.7 Å². The summed E-state index contributed by atoms with van der Waals surface area (Å²) >= 11 is 0. The number of benzene rings is 1. The SMILES string of the molecule is CC(=O)OC(C)C1=C(C)C(=O)c2cccc(O)c2C1=O. The summed E-state index contributed by atoms with van der Waals surface area (Å²) in [5, 5.41) is 9.81. The molecule has 0 spiro atoms.